The maximum atomic E-state index is 13.3. The number of nitrogens with zero attached hydrogens (tertiary/aromatic N) is 4. The molecule has 30 heavy (non-hydrogen) atoms. The van der Waals surface area contributed by atoms with Gasteiger partial charge in [0.15, 0.2) is 5.13 Å². The van der Waals surface area contributed by atoms with Gasteiger partial charge in [0.1, 0.15) is 16.8 Å². The fourth-order valence-corrected chi connectivity index (χ4v) is 3.94. The molecule has 0 aliphatic heterocycles. The van der Waals surface area contributed by atoms with Crippen LogP contribution in [0.3, 0.4) is 0 Å². The normalized spacial score (nSPS) is 10.7. The summed E-state index contributed by atoms with van der Waals surface area (Å²) in [6, 6.07) is 9.47. The van der Waals surface area contributed by atoms with Gasteiger partial charge >= 0.3 is 0 Å². The lowest BCUT2D eigenvalue weighted by molar-refractivity contribution is -0.385. The second-order valence-corrected chi connectivity index (χ2v) is 7.93. The number of hydrogen-bond acceptors (Lipinski definition) is 7. The number of nitro groups is 1. The lowest BCUT2D eigenvalue weighted by atomic mass is 10.1. The van der Waals surface area contributed by atoms with Crippen LogP contribution in [0, 0.1) is 10.1 Å². The fourth-order valence-electron chi connectivity index (χ4n) is 2.76. The molecule has 3 rings (SSSR count). The standard InChI is InChI=1S/C19H19ClN4O4S.ClH/c1-22(2)9-10-23(18(25)13-11-12(20)7-8-14(13)24(26)27)19-21-17-15(28-3)5-4-6-16(17)29-19;/h4-8,11H,9-10H2,1-3H3;1H. The molecule has 0 N–H and O–H groups in total. The summed E-state index contributed by atoms with van der Waals surface area (Å²) in [5.41, 5.74) is 0.263. The highest BCUT2D eigenvalue weighted by atomic mass is 35.5. The Kier molecular flexibility index (Phi) is 7.96. The molecule has 1 heterocycles. The Balaban J connectivity index is 0.00000320. The van der Waals surface area contributed by atoms with Gasteiger partial charge in [-0.25, -0.2) is 4.98 Å². The van der Waals surface area contributed by atoms with Gasteiger partial charge in [-0.3, -0.25) is 19.8 Å². The van der Waals surface area contributed by atoms with E-state index in [0.717, 1.165) is 4.70 Å². The molecular formula is C19H20Cl2N4O4S. The highest BCUT2D eigenvalue weighted by Crippen LogP contribution is 2.35. The molecule has 1 aromatic heterocycles. The van der Waals surface area contributed by atoms with Crippen molar-refractivity contribution >= 4 is 62.3 Å². The van der Waals surface area contributed by atoms with Crippen LogP contribution in [0.15, 0.2) is 36.4 Å². The molecule has 0 unspecified atom stereocenters. The van der Waals surface area contributed by atoms with E-state index in [-0.39, 0.29) is 28.7 Å². The highest BCUT2D eigenvalue weighted by molar-refractivity contribution is 7.22. The van der Waals surface area contributed by atoms with E-state index in [4.69, 9.17) is 16.3 Å². The predicted molar refractivity (Wildman–Crippen MR) is 122 cm³/mol. The van der Waals surface area contributed by atoms with Crippen molar-refractivity contribution in [3.63, 3.8) is 0 Å². The average molecular weight is 471 g/mol. The van der Waals surface area contributed by atoms with Gasteiger partial charge in [0.2, 0.25) is 0 Å². The van der Waals surface area contributed by atoms with E-state index >= 15 is 0 Å². The Hall–Kier alpha value is -2.46. The van der Waals surface area contributed by atoms with Gasteiger partial charge in [-0.15, -0.1) is 12.4 Å². The largest absolute Gasteiger partial charge is 0.494 e. The van der Waals surface area contributed by atoms with Gasteiger partial charge in [0, 0.05) is 24.2 Å². The van der Waals surface area contributed by atoms with Crippen LogP contribution in [0.2, 0.25) is 5.02 Å². The number of carbonyl (C=O) groups is 1. The molecule has 0 aliphatic carbocycles. The number of ether oxygens (including phenoxy) is 1. The minimum atomic E-state index is -0.588. The molecule has 2 aromatic carbocycles. The van der Waals surface area contributed by atoms with Crippen molar-refractivity contribution in [2.75, 3.05) is 39.2 Å². The number of carbonyl (C=O) groups excluding carboxylic acids is 1. The van der Waals surface area contributed by atoms with E-state index in [2.05, 4.69) is 4.98 Å². The molecule has 8 nitrogen and oxygen atoms in total. The Bertz CT molecular complexity index is 1070. The Labute approximate surface area is 188 Å². The first-order chi connectivity index (χ1) is 13.8. The zero-order valence-corrected chi connectivity index (χ0v) is 18.9. The summed E-state index contributed by atoms with van der Waals surface area (Å²) in [4.78, 5) is 32.1. The smallest absolute Gasteiger partial charge is 0.282 e. The van der Waals surface area contributed by atoms with Gasteiger partial charge in [-0.1, -0.05) is 29.0 Å². The van der Waals surface area contributed by atoms with Crippen LogP contribution >= 0.6 is 35.3 Å². The molecule has 0 saturated heterocycles. The first-order valence-corrected chi connectivity index (χ1v) is 9.85. The summed E-state index contributed by atoms with van der Waals surface area (Å²) in [6.07, 6.45) is 0. The van der Waals surface area contributed by atoms with Crippen molar-refractivity contribution in [3.05, 3.63) is 57.1 Å². The van der Waals surface area contributed by atoms with Gasteiger partial charge in [-0.05, 0) is 38.4 Å². The van der Waals surface area contributed by atoms with Crippen LogP contribution in [-0.2, 0) is 0 Å². The predicted octanol–water partition coefficient (Wildman–Crippen LogP) is 4.50. The van der Waals surface area contributed by atoms with Crippen LogP contribution in [0.25, 0.3) is 10.2 Å². The third-order valence-corrected chi connectivity index (χ3v) is 5.50. The Morgan fingerprint density at radius 1 is 1.27 bits per heavy atom. The van der Waals surface area contributed by atoms with Crippen molar-refractivity contribution in [1.29, 1.82) is 0 Å². The van der Waals surface area contributed by atoms with Crippen molar-refractivity contribution in [3.8, 4) is 5.75 Å². The number of benzene rings is 2. The zero-order valence-electron chi connectivity index (χ0n) is 16.5. The van der Waals surface area contributed by atoms with Gasteiger partial charge in [0.05, 0.1) is 16.7 Å². The maximum Gasteiger partial charge on any atom is 0.282 e. The Morgan fingerprint density at radius 3 is 2.63 bits per heavy atom. The molecule has 11 heteroatoms. The minimum Gasteiger partial charge on any atom is -0.494 e. The average Bonchev–Trinajstić information content (AvgIpc) is 3.11. The molecule has 0 spiro atoms. The second kappa shape index (κ2) is 10.0. The lowest BCUT2D eigenvalue weighted by Gasteiger charge is -2.22. The maximum absolute atomic E-state index is 13.3. The third-order valence-electron chi connectivity index (χ3n) is 4.22. The van der Waals surface area contributed by atoms with Crippen molar-refractivity contribution in [2.24, 2.45) is 0 Å². The summed E-state index contributed by atoms with van der Waals surface area (Å²) in [7, 11) is 5.32. The van der Waals surface area contributed by atoms with E-state index in [1.165, 1.54) is 34.4 Å². The summed E-state index contributed by atoms with van der Waals surface area (Å²) in [5.74, 6) is 0.0674. The Morgan fingerprint density at radius 2 is 2.00 bits per heavy atom. The van der Waals surface area contributed by atoms with Gasteiger partial charge < -0.3 is 9.64 Å². The van der Waals surface area contributed by atoms with Crippen LogP contribution in [0.5, 0.6) is 5.75 Å². The van der Waals surface area contributed by atoms with Crippen molar-refractivity contribution in [1.82, 2.24) is 9.88 Å². The molecule has 0 fully saturated rings. The van der Waals surface area contributed by atoms with Crippen molar-refractivity contribution < 1.29 is 14.5 Å². The molecule has 0 bridgehead atoms. The topological polar surface area (TPSA) is 88.8 Å². The van der Waals surface area contributed by atoms with Gasteiger partial charge in [-0.2, -0.15) is 0 Å². The van der Waals surface area contributed by atoms with Crippen LogP contribution < -0.4 is 9.64 Å². The molecular weight excluding hydrogens is 451 g/mol. The quantitative estimate of drug-likeness (QED) is 0.373. The molecule has 160 valence electrons. The number of rotatable bonds is 7. The second-order valence-electron chi connectivity index (χ2n) is 6.48. The molecule has 0 atom stereocenters. The number of fused-ring (bicyclic) bond motifs is 1. The van der Waals surface area contributed by atoms with E-state index in [1.54, 1.807) is 13.2 Å². The minimum absolute atomic E-state index is 0. The van der Waals surface area contributed by atoms with Crippen LogP contribution in [0.1, 0.15) is 10.4 Å². The SMILES string of the molecule is COc1cccc2sc(N(CCN(C)C)C(=O)c3cc(Cl)ccc3[N+](=O)[O-])nc12.Cl. The summed E-state index contributed by atoms with van der Waals surface area (Å²) < 4.78 is 6.21. The monoisotopic (exact) mass is 470 g/mol. The zero-order chi connectivity index (χ0) is 21.1. The highest BCUT2D eigenvalue weighted by Gasteiger charge is 2.28. The van der Waals surface area contributed by atoms with E-state index in [9.17, 15) is 14.9 Å². The molecule has 0 aliphatic rings. The van der Waals surface area contributed by atoms with Gasteiger partial charge in [0.25, 0.3) is 11.6 Å². The van der Waals surface area contributed by atoms with E-state index in [0.29, 0.717) is 29.5 Å². The third kappa shape index (κ3) is 4.99. The number of hydrogen-bond donors (Lipinski definition) is 0. The number of para-hydroxylation sites is 1. The summed E-state index contributed by atoms with van der Waals surface area (Å²) >= 11 is 7.34. The number of methoxy groups -OCH3 is 1. The van der Waals surface area contributed by atoms with Crippen molar-refractivity contribution in [2.45, 2.75) is 0 Å². The number of amides is 1. The molecule has 3 aromatic rings. The fraction of sp³-hybridized carbons (Fsp3) is 0.263. The lowest BCUT2D eigenvalue weighted by Crippen LogP contribution is -2.37. The number of nitro benzene ring substituents is 1. The summed E-state index contributed by atoms with van der Waals surface area (Å²) in [6.45, 7) is 0.852. The molecule has 0 radical (unpaired) electrons. The number of thiazole rings is 1. The number of likely N-dealkylation sites (N-methyl/N-ethyl adjacent to an activating group) is 1. The summed E-state index contributed by atoms with van der Waals surface area (Å²) in [5, 5.41) is 12.1. The number of halogens is 2. The molecule has 1 amide bonds. The van der Waals surface area contributed by atoms with Crippen LogP contribution in [0.4, 0.5) is 10.8 Å². The number of anilines is 1. The first-order valence-electron chi connectivity index (χ1n) is 8.66. The first kappa shape index (κ1) is 23.8. The van der Waals surface area contributed by atoms with E-state index in [1.807, 2.05) is 31.1 Å². The number of aromatic nitrogens is 1. The van der Waals surface area contributed by atoms with Crippen LogP contribution in [-0.4, -0.2) is 55.0 Å². The van der Waals surface area contributed by atoms with E-state index < -0.39 is 10.8 Å². The molecule has 0 saturated carbocycles.